The number of aliphatic hydroxyl groups is 3. The van der Waals surface area contributed by atoms with E-state index in [1.165, 1.54) is 96.3 Å². The molecule has 0 radical (unpaired) electrons. The molecule has 0 aliphatic heterocycles. The van der Waals surface area contributed by atoms with Gasteiger partial charge in [-0.1, -0.05) is 110 Å². The van der Waals surface area contributed by atoms with Crippen LogP contribution in [0.15, 0.2) is 0 Å². The smallest absolute Gasteiger partial charge is 0.305 e. The molecular weight excluding hydrogens is 392 g/mol. The molecule has 31 heavy (non-hydrogen) atoms. The van der Waals surface area contributed by atoms with Gasteiger partial charge in [-0.2, -0.15) is 0 Å². The number of hydrogen-bond acceptors (Lipinski definition) is 5. The number of carbonyl (C=O) groups excluding carboxylic acids is 1. The maximum Gasteiger partial charge on any atom is 0.305 e. The molecule has 0 fully saturated rings. The average Bonchev–Trinajstić information content (AvgIpc) is 2.79. The lowest BCUT2D eigenvalue weighted by Gasteiger charge is -2.26. The van der Waals surface area contributed by atoms with Gasteiger partial charge < -0.3 is 20.1 Å². The molecule has 5 heteroatoms. The lowest BCUT2D eigenvalue weighted by Crippen LogP contribution is -2.35. The average molecular weight is 445 g/mol. The van der Waals surface area contributed by atoms with Crippen LogP contribution in [0, 0.1) is 5.41 Å². The molecule has 0 bridgehead atoms. The van der Waals surface area contributed by atoms with Gasteiger partial charge in [-0.3, -0.25) is 4.79 Å². The fourth-order valence-corrected chi connectivity index (χ4v) is 3.83. The summed E-state index contributed by atoms with van der Waals surface area (Å²) in [7, 11) is 0. The van der Waals surface area contributed by atoms with Crippen molar-refractivity contribution in [2.24, 2.45) is 5.41 Å². The summed E-state index contributed by atoms with van der Waals surface area (Å²) >= 11 is 0. The third-order valence-corrected chi connectivity index (χ3v) is 6.39. The minimum atomic E-state index is -0.964. The Balaban J connectivity index is 3.31. The molecule has 3 N–H and O–H groups in total. The standard InChI is InChI=1S/C26H52O5/c1-2-3-4-5-6-7-8-9-10-11-12-13-14-15-16-17-18-19-25(30)31-21-20-26(22-27,23-28)24-29/h27-29H,2-24H2,1H3. The van der Waals surface area contributed by atoms with Crippen LogP contribution in [0.25, 0.3) is 0 Å². The quantitative estimate of drug-likeness (QED) is 0.127. The minimum absolute atomic E-state index is 0.124. The van der Waals surface area contributed by atoms with Crippen molar-refractivity contribution < 1.29 is 24.9 Å². The summed E-state index contributed by atoms with van der Waals surface area (Å²) in [4.78, 5) is 11.7. The van der Waals surface area contributed by atoms with Crippen molar-refractivity contribution in [2.45, 2.75) is 129 Å². The number of carbonyl (C=O) groups is 1. The molecule has 186 valence electrons. The maximum atomic E-state index is 11.7. The Morgan fingerprint density at radius 3 is 1.32 bits per heavy atom. The molecule has 0 saturated carbocycles. The molecule has 0 aliphatic rings. The summed E-state index contributed by atoms with van der Waals surface area (Å²) in [5.74, 6) is -0.233. The zero-order valence-corrected chi connectivity index (χ0v) is 20.4. The van der Waals surface area contributed by atoms with Crippen molar-refractivity contribution in [2.75, 3.05) is 26.4 Å². The lowest BCUT2D eigenvalue weighted by molar-refractivity contribution is -0.145. The summed E-state index contributed by atoms with van der Waals surface area (Å²) in [6.45, 7) is 1.43. The Morgan fingerprint density at radius 2 is 0.968 bits per heavy atom. The summed E-state index contributed by atoms with van der Waals surface area (Å²) in [5.41, 5.74) is -0.964. The highest BCUT2D eigenvalue weighted by molar-refractivity contribution is 5.69. The molecule has 0 aromatic heterocycles. The van der Waals surface area contributed by atoms with Crippen molar-refractivity contribution in [3.05, 3.63) is 0 Å². The van der Waals surface area contributed by atoms with Gasteiger partial charge in [0, 0.05) is 11.8 Å². The van der Waals surface area contributed by atoms with Gasteiger partial charge in [-0.05, 0) is 12.8 Å². The van der Waals surface area contributed by atoms with Crippen LogP contribution in [0.4, 0.5) is 0 Å². The monoisotopic (exact) mass is 444 g/mol. The Bertz CT molecular complexity index is 374. The first-order chi connectivity index (χ1) is 15.1. The molecule has 0 aromatic carbocycles. The van der Waals surface area contributed by atoms with E-state index < -0.39 is 5.41 Å². The minimum Gasteiger partial charge on any atom is -0.466 e. The van der Waals surface area contributed by atoms with Crippen LogP contribution in [-0.2, 0) is 9.53 Å². The van der Waals surface area contributed by atoms with Crippen LogP contribution in [-0.4, -0.2) is 47.7 Å². The molecule has 0 rings (SSSR count). The highest BCUT2D eigenvalue weighted by atomic mass is 16.5. The predicted molar refractivity (Wildman–Crippen MR) is 128 cm³/mol. The Hall–Kier alpha value is -0.650. The Morgan fingerprint density at radius 1 is 0.613 bits per heavy atom. The highest BCUT2D eigenvalue weighted by Crippen LogP contribution is 2.20. The topological polar surface area (TPSA) is 87.0 Å². The molecule has 0 spiro atoms. The van der Waals surface area contributed by atoms with E-state index in [1.54, 1.807) is 0 Å². The van der Waals surface area contributed by atoms with Crippen molar-refractivity contribution in [3.63, 3.8) is 0 Å². The molecular formula is C26H52O5. The first-order valence-corrected chi connectivity index (χ1v) is 13.1. The van der Waals surface area contributed by atoms with Crippen LogP contribution >= 0.6 is 0 Å². The first kappa shape index (κ1) is 30.4. The number of aliphatic hydroxyl groups excluding tert-OH is 3. The van der Waals surface area contributed by atoms with Crippen molar-refractivity contribution in [1.29, 1.82) is 0 Å². The van der Waals surface area contributed by atoms with Crippen LogP contribution in [0.3, 0.4) is 0 Å². The van der Waals surface area contributed by atoms with Gasteiger partial charge >= 0.3 is 5.97 Å². The number of ether oxygens (including phenoxy) is 1. The van der Waals surface area contributed by atoms with E-state index in [0.29, 0.717) is 6.42 Å². The molecule has 0 aliphatic carbocycles. The fourth-order valence-electron chi connectivity index (χ4n) is 3.83. The van der Waals surface area contributed by atoms with Gasteiger partial charge in [-0.25, -0.2) is 0 Å². The highest BCUT2D eigenvalue weighted by Gasteiger charge is 2.28. The maximum absolute atomic E-state index is 11.7. The largest absolute Gasteiger partial charge is 0.466 e. The van der Waals surface area contributed by atoms with Gasteiger partial charge in [0.05, 0.1) is 26.4 Å². The van der Waals surface area contributed by atoms with Crippen molar-refractivity contribution in [1.82, 2.24) is 0 Å². The van der Waals surface area contributed by atoms with Crippen molar-refractivity contribution >= 4 is 5.97 Å². The van der Waals surface area contributed by atoms with E-state index in [4.69, 9.17) is 4.74 Å². The number of rotatable bonds is 24. The molecule has 0 atom stereocenters. The third kappa shape index (κ3) is 18.6. The van der Waals surface area contributed by atoms with E-state index >= 15 is 0 Å². The van der Waals surface area contributed by atoms with Crippen LogP contribution in [0.1, 0.15) is 129 Å². The van der Waals surface area contributed by atoms with E-state index in [0.717, 1.165) is 12.8 Å². The zero-order valence-electron chi connectivity index (χ0n) is 20.4. The Labute approximate surface area is 192 Å². The second-order valence-corrected chi connectivity index (χ2v) is 9.35. The summed E-state index contributed by atoms with van der Waals surface area (Å²) in [5, 5.41) is 27.7. The SMILES string of the molecule is CCCCCCCCCCCCCCCCCCCC(=O)OCCC(CO)(CO)CO. The second-order valence-electron chi connectivity index (χ2n) is 9.35. The van der Waals surface area contributed by atoms with Crippen molar-refractivity contribution in [3.8, 4) is 0 Å². The van der Waals surface area contributed by atoms with E-state index in [1.807, 2.05) is 0 Å². The fraction of sp³-hybridized carbons (Fsp3) is 0.962. The lowest BCUT2D eigenvalue weighted by atomic mass is 9.88. The third-order valence-electron chi connectivity index (χ3n) is 6.39. The van der Waals surface area contributed by atoms with E-state index in [-0.39, 0.29) is 38.8 Å². The molecule has 0 saturated heterocycles. The Kier molecular flexibility index (Phi) is 22.1. The van der Waals surface area contributed by atoms with Gasteiger partial charge in [0.15, 0.2) is 0 Å². The normalized spacial score (nSPS) is 11.7. The zero-order chi connectivity index (χ0) is 23.0. The van der Waals surface area contributed by atoms with Crippen LogP contribution < -0.4 is 0 Å². The molecule has 5 nitrogen and oxygen atoms in total. The molecule has 0 heterocycles. The predicted octanol–water partition coefficient (Wildman–Crippen LogP) is 5.92. The van der Waals surface area contributed by atoms with E-state index in [9.17, 15) is 20.1 Å². The van der Waals surface area contributed by atoms with Gasteiger partial charge in [-0.15, -0.1) is 0 Å². The number of hydrogen-bond donors (Lipinski definition) is 3. The summed E-state index contributed by atoms with van der Waals surface area (Å²) in [6.07, 6.45) is 23.0. The molecule has 0 aromatic rings. The molecule has 0 amide bonds. The summed E-state index contributed by atoms with van der Waals surface area (Å²) < 4.78 is 5.16. The van der Waals surface area contributed by atoms with Gasteiger partial charge in [0.1, 0.15) is 0 Å². The van der Waals surface area contributed by atoms with Crippen LogP contribution in [0.5, 0.6) is 0 Å². The van der Waals surface area contributed by atoms with Crippen LogP contribution in [0.2, 0.25) is 0 Å². The second kappa shape index (κ2) is 22.5. The van der Waals surface area contributed by atoms with Gasteiger partial charge in [0.25, 0.3) is 0 Å². The first-order valence-electron chi connectivity index (χ1n) is 13.1. The van der Waals surface area contributed by atoms with Gasteiger partial charge in [0.2, 0.25) is 0 Å². The summed E-state index contributed by atoms with van der Waals surface area (Å²) in [6, 6.07) is 0. The number of unbranched alkanes of at least 4 members (excludes halogenated alkanes) is 16. The molecule has 0 unspecified atom stereocenters. The number of esters is 1. The van der Waals surface area contributed by atoms with E-state index in [2.05, 4.69) is 6.92 Å².